The van der Waals surface area contributed by atoms with Crippen LogP contribution in [0.2, 0.25) is 0 Å². The average molecular weight is 530 g/mol. The van der Waals surface area contributed by atoms with Crippen molar-refractivity contribution in [3.8, 4) is 46.0 Å². The Labute approximate surface area is 232 Å². The van der Waals surface area contributed by atoms with Gasteiger partial charge in [-0.3, -0.25) is 9.58 Å². The zero-order valence-corrected chi connectivity index (χ0v) is 22.3. The van der Waals surface area contributed by atoms with Crippen LogP contribution in [0.1, 0.15) is 11.1 Å². The standard InChI is InChI=1S/C30H27N9O/c1-36-20-26(19-34-36)24-15-27(30-25(16-31)18-35-39(30)21-24)23-5-6-28(33-17-23)38-12-10-37(11-13-38)9-3-4-22-7-8-32-29(14-22)40-2/h5-8,14-15,17-21H,9-13H2,1-2H3. The summed E-state index contributed by atoms with van der Waals surface area (Å²) >= 11 is 0. The van der Waals surface area contributed by atoms with Gasteiger partial charge in [-0.25, -0.2) is 14.5 Å². The van der Waals surface area contributed by atoms with Crippen LogP contribution in [0.3, 0.4) is 0 Å². The Balaban J connectivity index is 1.17. The predicted octanol–water partition coefficient (Wildman–Crippen LogP) is 3.25. The van der Waals surface area contributed by atoms with Crippen LogP contribution < -0.4 is 9.64 Å². The van der Waals surface area contributed by atoms with E-state index < -0.39 is 0 Å². The van der Waals surface area contributed by atoms with Gasteiger partial charge in [-0.05, 0) is 24.3 Å². The summed E-state index contributed by atoms with van der Waals surface area (Å²) in [6.45, 7) is 4.28. The highest BCUT2D eigenvalue weighted by Crippen LogP contribution is 2.32. The van der Waals surface area contributed by atoms with Crippen molar-refractivity contribution in [3.63, 3.8) is 0 Å². The van der Waals surface area contributed by atoms with Crippen molar-refractivity contribution in [1.82, 2.24) is 34.3 Å². The molecule has 0 aliphatic carbocycles. The number of methoxy groups -OCH3 is 1. The lowest BCUT2D eigenvalue weighted by molar-refractivity contribution is 0.287. The first-order valence-electron chi connectivity index (χ1n) is 12.9. The van der Waals surface area contributed by atoms with E-state index in [1.807, 2.05) is 44.0 Å². The number of rotatable bonds is 5. The molecule has 0 atom stereocenters. The molecule has 198 valence electrons. The van der Waals surface area contributed by atoms with Crippen molar-refractivity contribution in [2.45, 2.75) is 0 Å². The molecule has 0 aromatic carbocycles. The van der Waals surface area contributed by atoms with E-state index in [2.05, 4.69) is 61.1 Å². The zero-order chi connectivity index (χ0) is 27.5. The number of nitrogens with zero attached hydrogens (tertiary/aromatic N) is 9. The molecule has 1 saturated heterocycles. The fourth-order valence-electron chi connectivity index (χ4n) is 4.87. The second-order valence-electron chi connectivity index (χ2n) is 9.57. The number of fused-ring (bicyclic) bond motifs is 1. The number of piperazine rings is 1. The number of ether oxygens (including phenoxy) is 1. The van der Waals surface area contributed by atoms with Crippen molar-refractivity contribution >= 4 is 11.3 Å². The molecule has 5 aromatic heterocycles. The molecule has 0 amide bonds. The minimum absolute atomic E-state index is 0.527. The molecule has 0 unspecified atom stereocenters. The Kier molecular flexibility index (Phi) is 6.84. The van der Waals surface area contributed by atoms with Crippen molar-refractivity contribution in [1.29, 1.82) is 5.26 Å². The van der Waals surface area contributed by atoms with E-state index in [4.69, 9.17) is 9.72 Å². The Hall–Kier alpha value is -5.19. The highest BCUT2D eigenvalue weighted by atomic mass is 16.5. The first kappa shape index (κ1) is 25.1. The topological polar surface area (TPSA) is 100 Å². The summed E-state index contributed by atoms with van der Waals surface area (Å²) in [5.41, 5.74) is 5.98. The van der Waals surface area contributed by atoms with Crippen LogP contribution in [-0.2, 0) is 7.05 Å². The van der Waals surface area contributed by atoms with E-state index in [1.165, 1.54) is 0 Å². The second-order valence-corrected chi connectivity index (χ2v) is 9.57. The lowest BCUT2D eigenvalue weighted by Gasteiger charge is -2.34. The van der Waals surface area contributed by atoms with Gasteiger partial charge in [-0.2, -0.15) is 15.5 Å². The number of hydrogen-bond donors (Lipinski definition) is 0. The van der Waals surface area contributed by atoms with Gasteiger partial charge in [-0.1, -0.05) is 11.8 Å². The lowest BCUT2D eigenvalue weighted by Crippen LogP contribution is -2.46. The van der Waals surface area contributed by atoms with Crippen molar-refractivity contribution < 1.29 is 4.74 Å². The van der Waals surface area contributed by atoms with Crippen LogP contribution in [0.5, 0.6) is 5.88 Å². The molecule has 10 nitrogen and oxygen atoms in total. The molecule has 6 heterocycles. The van der Waals surface area contributed by atoms with Crippen LogP contribution in [-0.4, -0.2) is 74.1 Å². The largest absolute Gasteiger partial charge is 0.481 e. The smallest absolute Gasteiger partial charge is 0.214 e. The highest BCUT2D eigenvalue weighted by molar-refractivity contribution is 5.87. The second kappa shape index (κ2) is 10.9. The number of aryl methyl sites for hydroxylation is 1. The van der Waals surface area contributed by atoms with Crippen LogP contribution in [0, 0.1) is 23.2 Å². The van der Waals surface area contributed by atoms with Crippen LogP contribution in [0.15, 0.2) is 67.5 Å². The molecule has 0 radical (unpaired) electrons. The number of aromatic nitrogens is 6. The number of nitriles is 1. The SMILES string of the molecule is COc1cc(C#CCN2CCN(c3ccc(-c4cc(-c5cnn(C)c5)cn5ncc(C#N)c45)cn3)CC2)ccn1. The Morgan fingerprint density at radius 2 is 1.80 bits per heavy atom. The maximum absolute atomic E-state index is 9.70. The molecule has 10 heteroatoms. The van der Waals surface area contributed by atoms with Gasteiger partial charge in [0, 0.05) is 91.9 Å². The fraction of sp³-hybridized carbons (Fsp3) is 0.233. The lowest BCUT2D eigenvalue weighted by atomic mass is 10.0. The third kappa shape index (κ3) is 5.08. The summed E-state index contributed by atoms with van der Waals surface area (Å²) < 4.78 is 8.70. The summed E-state index contributed by atoms with van der Waals surface area (Å²) in [6.07, 6.45) is 10.9. The molecular weight excluding hydrogens is 502 g/mol. The summed E-state index contributed by atoms with van der Waals surface area (Å²) in [6, 6.07) is 12.2. The fourth-order valence-corrected chi connectivity index (χ4v) is 4.87. The Bertz CT molecular complexity index is 1760. The van der Waals surface area contributed by atoms with Gasteiger partial charge < -0.3 is 9.64 Å². The molecule has 6 rings (SSSR count). The molecule has 1 aliphatic heterocycles. The molecule has 0 bridgehead atoms. The average Bonchev–Trinajstić information content (AvgIpc) is 3.63. The maximum atomic E-state index is 9.70. The van der Waals surface area contributed by atoms with Gasteiger partial charge in [0.1, 0.15) is 11.9 Å². The number of anilines is 1. The first-order chi connectivity index (χ1) is 19.6. The minimum atomic E-state index is 0.527. The maximum Gasteiger partial charge on any atom is 0.214 e. The van der Waals surface area contributed by atoms with Gasteiger partial charge >= 0.3 is 0 Å². The summed E-state index contributed by atoms with van der Waals surface area (Å²) in [4.78, 5) is 13.6. The third-order valence-electron chi connectivity index (χ3n) is 7.00. The van der Waals surface area contributed by atoms with Crippen LogP contribution in [0.25, 0.3) is 27.8 Å². The van der Waals surface area contributed by atoms with Crippen LogP contribution >= 0.6 is 0 Å². The van der Waals surface area contributed by atoms with E-state index in [9.17, 15) is 5.26 Å². The number of hydrogen-bond acceptors (Lipinski definition) is 8. The van der Waals surface area contributed by atoms with Gasteiger partial charge in [0.05, 0.1) is 37.1 Å². The zero-order valence-electron chi connectivity index (χ0n) is 22.3. The first-order valence-corrected chi connectivity index (χ1v) is 12.9. The molecule has 0 saturated carbocycles. The molecule has 40 heavy (non-hydrogen) atoms. The molecule has 0 spiro atoms. The number of pyridine rings is 3. The van der Waals surface area contributed by atoms with Crippen molar-refractivity contribution in [2.75, 3.05) is 44.7 Å². The molecule has 5 aromatic rings. The summed E-state index contributed by atoms with van der Waals surface area (Å²) in [5, 5.41) is 18.4. The molecular formula is C30H27N9O. The highest BCUT2D eigenvalue weighted by Gasteiger charge is 2.19. The summed E-state index contributed by atoms with van der Waals surface area (Å²) in [5.74, 6) is 7.97. The predicted molar refractivity (Wildman–Crippen MR) is 152 cm³/mol. The van der Waals surface area contributed by atoms with E-state index in [0.717, 1.165) is 65.3 Å². The van der Waals surface area contributed by atoms with Crippen molar-refractivity contribution in [3.05, 3.63) is 78.6 Å². The normalized spacial score (nSPS) is 13.6. The van der Waals surface area contributed by atoms with Gasteiger partial charge in [-0.15, -0.1) is 0 Å². The molecule has 1 fully saturated rings. The summed E-state index contributed by atoms with van der Waals surface area (Å²) in [7, 11) is 3.49. The van der Waals surface area contributed by atoms with Gasteiger partial charge in [0.2, 0.25) is 5.88 Å². The van der Waals surface area contributed by atoms with E-state index >= 15 is 0 Å². The van der Waals surface area contributed by atoms with E-state index in [-0.39, 0.29) is 0 Å². The van der Waals surface area contributed by atoms with Gasteiger partial charge in [0.25, 0.3) is 0 Å². The molecule has 0 N–H and O–H groups in total. The quantitative estimate of drug-likeness (QED) is 0.320. The monoisotopic (exact) mass is 529 g/mol. The van der Waals surface area contributed by atoms with E-state index in [1.54, 1.807) is 28.7 Å². The molecule has 1 aliphatic rings. The van der Waals surface area contributed by atoms with Crippen LogP contribution in [0.4, 0.5) is 5.82 Å². The van der Waals surface area contributed by atoms with E-state index in [0.29, 0.717) is 18.0 Å². The Morgan fingerprint density at radius 1 is 0.925 bits per heavy atom. The van der Waals surface area contributed by atoms with Gasteiger partial charge in [0.15, 0.2) is 0 Å². The Morgan fingerprint density at radius 3 is 2.52 bits per heavy atom. The third-order valence-corrected chi connectivity index (χ3v) is 7.00. The van der Waals surface area contributed by atoms with Crippen molar-refractivity contribution in [2.24, 2.45) is 7.05 Å². The minimum Gasteiger partial charge on any atom is -0.481 e.